The van der Waals surface area contributed by atoms with Crippen LogP contribution in [0.2, 0.25) is 0 Å². The number of fused-ring (bicyclic) bond motifs is 2. The molecule has 1 aliphatic heterocycles. The molecule has 1 aromatic carbocycles. The Bertz CT molecular complexity index is 627. The minimum Gasteiger partial charge on any atom is -0.504 e. The molecule has 3 N–H and O–H groups in total. The number of phenolic OH excluding ortho intramolecular Hbond substituents is 1. The first-order valence-electron chi connectivity index (χ1n) is 8.22. The summed E-state index contributed by atoms with van der Waals surface area (Å²) in [6, 6.07) is 3.80. The molecule has 1 aromatic rings. The van der Waals surface area contributed by atoms with Gasteiger partial charge in [-0.3, -0.25) is 14.7 Å². The molecule has 0 radical (unpaired) electrons. The van der Waals surface area contributed by atoms with E-state index in [1.165, 1.54) is 6.07 Å². The lowest BCUT2D eigenvalue weighted by molar-refractivity contribution is 0.0849. The number of nitrogens with zero attached hydrogens (tertiary/aromatic N) is 1. The molecule has 1 heterocycles. The van der Waals surface area contributed by atoms with Gasteiger partial charge in [0.05, 0.1) is 0 Å². The Kier molecular flexibility index (Phi) is 4.70. The van der Waals surface area contributed by atoms with Crippen LogP contribution in [0, 0.1) is 5.92 Å². The SMILES string of the molecule is CCCN1CCC[C@@H]2Cc3c(ccc(O)c3OP(=O)(O)O)C[C@H]21. The lowest BCUT2D eigenvalue weighted by atomic mass is 9.75. The standard InChI is InChI=1S/C16H24NO5P/c1-2-7-17-8-3-4-12-9-13-11(10-14(12)17)5-6-15(18)16(13)22-23(19,20)21/h5-6,12,14,18H,2-4,7-10H2,1H3,(H2,19,20,21)/t12-,14-/m1/s1. The molecule has 0 saturated carbocycles. The number of hydrogen-bond acceptors (Lipinski definition) is 4. The van der Waals surface area contributed by atoms with E-state index in [0.717, 1.165) is 49.9 Å². The average molecular weight is 341 g/mol. The second-order valence-electron chi connectivity index (χ2n) is 6.55. The molecule has 128 valence electrons. The Balaban J connectivity index is 1.94. The fraction of sp³-hybridized carbons (Fsp3) is 0.625. The highest BCUT2D eigenvalue weighted by Gasteiger charge is 2.37. The van der Waals surface area contributed by atoms with Gasteiger partial charge in [-0.25, -0.2) is 4.57 Å². The maximum atomic E-state index is 11.2. The largest absolute Gasteiger partial charge is 0.524 e. The Labute approximate surface area is 136 Å². The van der Waals surface area contributed by atoms with E-state index in [4.69, 9.17) is 14.3 Å². The molecule has 3 rings (SSSR count). The van der Waals surface area contributed by atoms with Crippen molar-refractivity contribution in [3.63, 3.8) is 0 Å². The molecule has 0 amide bonds. The predicted octanol–water partition coefficient (Wildman–Crippen LogP) is 2.45. The minimum atomic E-state index is -4.69. The molecule has 7 heteroatoms. The number of hydrogen-bond donors (Lipinski definition) is 3. The molecular weight excluding hydrogens is 317 g/mol. The van der Waals surface area contributed by atoms with Crippen LogP contribution >= 0.6 is 7.82 Å². The lowest BCUT2D eigenvalue weighted by Crippen LogP contribution is -2.49. The number of benzene rings is 1. The van der Waals surface area contributed by atoms with Crippen LogP contribution in [-0.4, -0.2) is 38.9 Å². The zero-order valence-corrected chi connectivity index (χ0v) is 14.2. The summed E-state index contributed by atoms with van der Waals surface area (Å²) in [4.78, 5) is 20.8. The van der Waals surface area contributed by atoms with Crippen molar-refractivity contribution in [2.45, 2.75) is 45.1 Å². The van der Waals surface area contributed by atoms with E-state index in [-0.39, 0.29) is 11.5 Å². The summed E-state index contributed by atoms with van der Waals surface area (Å²) in [5.74, 6) is 0.206. The van der Waals surface area contributed by atoms with Gasteiger partial charge >= 0.3 is 7.82 Å². The van der Waals surface area contributed by atoms with Crippen LogP contribution < -0.4 is 4.52 Å². The molecule has 0 aromatic heterocycles. The van der Waals surface area contributed by atoms with Crippen molar-refractivity contribution in [1.29, 1.82) is 0 Å². The van der Waals surface area contributed by atoms with Crippen LogP contribution in [0.1, 0.15) is 37.3 Å². The monoisotopic (exact) mass is 341 g/mol. The highest BCUT2D eigenvalue weighted by molar-refractivity contribution is 7.46. The third-order valence-corrected chi connectivity index (χ3v) is 5.41. The summed E-state index contributed by atoms with van der Waals surface area (Å²) in [6.07, 6.45) is 4.92. The Morgan fingerprint density at radius 2 is 2.13 bits per heavy atom. The number of phosphoric acid groups is 1. The third kappa shape index (κ3) is 3.56. The molecule has 23 heavy (non-hydrogen) atoms. The molecule has 6 nitrogen and oxygen atoms in total. The maximum Gasteiger partial charge on any atom is 0.524 e. The van der Waals surface area contributed by atoms with E-state index in [9.17, 15) is 9.67 Å². The zero-order chi connectivity index (χ0) is 16.6. The van der Waals surface area contributed by atoms with E-state index in [2.05, 4.69) is 11.8 Å². The summed E-state index contributed by atoms with van der Waals surface area (Å²) in [6.45, 7) is 4.39. The van der Waals surface area contributed by atoms with Gasteiger partial charge in [-0.05, 0) is 62.7 Å². The Morgan fingerprint density at radius 3 is 2.83 bits per heavy atom. The van der Waals surface area contributed by atoms with Crippen molar-refractivity contribution in [3.05, 3.63) is 23.3 Å². The topological polar surface area (TPSA) is 90.2 Å². The van der Waals surface area contributed by atoms with Gasteiger partial charge in [-0.1, -0.05) is 13.0 Å². The predicted molar refractivity (Wildman–Crippen MR) is 86.6 cm³/mol. The zero-order valence-electron chi connectivity index (χ0n) is 13.3. The van der Waals surface area contributed by atoms with Gasteiger partial charge in [0.15, 0.2) is 11.5 Å². The number of piperidine rings is 1. The molecule has 0 bridgehead atoms. The van der Waals surface area contributed by atoms with E-state index < -0.39 is 7.82 Å². The van der Waals surface area contributed by atoms with Gasteiger partial charge in [0.25, 0.3) is 0 Å². The van der Waals surface area contributed by atoms with Gasteiger partial charge in [0, 0.05) is 11.6 Å². The summed E-state index contributed by atoms with van der Waals surface area (Å²) in [5, 5.41) is 9.98. The molecule has 1 aliphatic carbocycles. The van der Waals surface area contributed by atoms with Gasteiger partial charge in [-0.2, -0.15) is 0 Å². The van der Waals surface area contributed by atoms with Crippen molar-refractivity contribution < 1.29 is 24.0 Å². The first kappa shape index (κ1) is 16.8. The van der Waals surface area contributed by atoms with Crippen molar-refractivity contribution in [2.24, 2.45) is 5.92 Å². The quantitative estimate of drug-likeness (QED) is 0.729. The van der Waals surface area contributed by atoms with E-state index >= 15 is 0 Å². The van der Waals surface area contributed by atoms with E-state index in [1.54, 1.807) is 0 Å². The molecular formula is C16H24NO5P. The molecule has 0 spiro atoms. The number of likely N-dealkylation sites (tertiary alicyclic amines) is 1. The molecule has 0 unspecified atom stereocenters. The molecule has 2 atom stereocenters. The van der Waals surface area contributed by atoms with E-state index in [0.29, 0.717) is 18.4 Å². The molecule has 1 saturated heterocycles. The van der Waals surface area contributed by atoms with Crippen LogP contribution in [-0.2, 0) is 17.4 Å². The summed E-state index contributed by atoms with van der Waals surface area (Å²) in [7, 11) is -4.69. The van der Waals surface area contributed by atoms with Crippen molar-refractivity contribution in [3.8, 4) is 11.5 Å². The van der Waals surface area contributed by atoms with Crippen molar-refractivity contribution in [2.75, 3.05) is 13.1 Å². The van der Waals surface area contributed by atoms with Crippen molar-refractivity contribution >= 4 is 7.82 Å². The van der Waals surface area contributed by atoms with Gasteiger partial charge < -0.3 is 9.63 Å². The van der Waals surface area contributed by atoms with Gasteiger partial charge in [-0.15, -0.1) is 0 Å². The fourth-order valence-electron chi connectivity index (χ4n) is 4.09. The van der Waals surface area contributed by atoms with Crippen LogP contribution in [0.4, 0.5) is 0 Å². The summed E-state index contributed by atoms with van der Waals surface area (Å²) in [5.41, 5.74) is 1.78. The Morgan fingerprint density at radius 1 is 1.35 bits per heavy atom. The van der Waals surface area contributed by atoms with Crippen LogP contribution in [0.15, 0.2) is 12.1 Å². The molecule has 1 fully saturated rings. The second kappa shape index (κ2) is 6.44. The van der Waals surface area contributed by atoms with Crippen LogP contribution in [0.3, 0.4) is 0 Å². The fourth-order valence-corrected chi connectivity index (χ4v) is 4.53. The number of aromatic hydroxyl groups is 1. The normalized spacial score (nSPS) is 24.8. The third-order valence-electron chi connectivity index (χ3n) is 4.99. The number of phosphoric ester groups is 1. The summed E-state index contributed by atoms with van der Waals surface area (Å²) >= 11 is 0. The summed E-state index contributed by atoms with van der Waals surface area (Å²) < 4.78 is 16.0. The molecule has 2 aliphatic rings. The van der Waals surface area contributed by atoms with Gasteiger partial charge in [0.1, 0.15) is 0 Å². The number of rotatable bonds is 4. The smallest absolute Gasteiger partial charge is 0.504 e. The highest BCUT2D eigenvalue weighted by atomic mass is 31.2. The highest BCUT2D eigenvalue weighted by Crippen LogP contribution is 2.48. The number of phenols is 1. The van der Waals surface area contributed by atoms with Crippen LogP contribution in [0.25, 0.3) is 0 Å². The van der Waals surface area contributed by atoms with E-state index in [1.807, 2.05) is 6.07 Å². The first-order valence-corrected chi connectivity index (χ1v) is 9.75. The second-order valence-corrected chi connectivity index (χ2v) is 7.71. The lowest BCUT2D eigenvalue weighted by Gasteiger charge is -2.45. The van der Waals surface area contributed by atoms with Crippen LogP contribution in [0.5, 0.6) is 11.5 Å². The Hall–Kier alpha value is -1.07. The maximum absolute atomic E-state index is 11.2. The van der Waals surface area contributed by atoms with Crippen molar-refractivity contribution in [1.82, 2.24) is 4.90 Å². The average Bonchev–Trinajstić information content (AvgIpc) is 2.48. The first-order chi connectivity index (χ1) is 10.9. The van der Waals surface area contributed by atoms with Gasteiger partial charge in [0.2, 0.25) is 0 Å². The minimum absolute atomic E-state index is 0.0399.